The maximum Gasteiger partial charge on any atom is 0.263 e. The van der Waals surface area contributed by atoms with Crippen LogP contribution in [0, 0.1) is 13.8 Å². The molecule has 0 spiro atoms. The third-order valence-electron chi connectivity index (χ3n) is 5.06. The molecule has 0 aliphatic carbocycles. The molecule has 1 amide bonds. The fraction of sp³-hybridized carbons (Fsp3) is 0.381. The lowest BCUT2D eigenvalue weighted by Crippen LogP contribution is -2.40. The van der Waals surface area contributed by atoms with Crippen LogP contribution in [0.4, 0.5) is 0 Å². The van der Waals surface area contributed by atoms with Crippen LogP contribution in [0.15, 0.2) is 30.5 Å². The van der Waals surface area contributed by atoms with Gasteiger partial charge < -0.3 is 9.88 Å². The van der Waals surface area contributed by atoms with Crippen molar-refractivity contribution in [3.63, 3.8) is 0 Å². The molecule has 0 bridgehead atoms. The summed E-state index contributed by atoms with van der Waals surface area (Å²) in [6, 6.07) is 8.55. The lowest BCUT2D eigenvalue weighted by molar-refractivity contribution is 0.0931. The Labute approximate surface area is 163 Å². The molecule has 1 aliphatic rings. The van der Waals surface area contributed by atoms with Gasteiger partial charge in [0.15, 0.2) is 0 Å². The maximum absolute atomic E-state index is 12.8. The smallest absolute Gasteiger partial charge is 0.263 e. The first kappa shape index (κ1) is 17.9. The lowest BCUT2D eigenvalue weighted by Gasteiger charge is -2.24. The van der Waals surface area contributed by atoms with Gasteiger partial charge in [-0.05, 0) is 32.3 Å². The monoisotopic (exact) mass is 380 g/mol. The van der Waals surface area contributed by atoms with E-state index in [2.05, 4.69) is 57.2 Å². The van der Waals surface area contributed by atoms with Crippen LogP contribution < -0.4 is 5.32 Å². The Morgan fingerprint density at radius 3 is 2.78 bits per heavy atom. The van der Waals surface area contributed by atoms with E-state index < -0.39 is 0 Å². The summed E-state index contributed by atoms with van der Waals surface area (Å²) in [6.45, 7) is 6.84. The van der Waals surface area contributed by atoms with Crippen LogP contribution in [0.25, 0.3) is 10.6 Å². The maximum atomic E-state index is 12.8. The minimum atomic E-state index is -0.0216. The fourth-order valence-corrected chi connectivity index (χ4v) is 4.54. The van der Waals surface area contributed by atoms with E-state index in [1.54, 1.807) is 0 Å². The molecule has 6 heteroatoms. The summed E-state index contributed by atoms with van der Waals surface area (Å²) in [7, 11) is 0. The summed E-state index contributed by atoms with van der Waals surface area (Å²) in [6.07, 6.45) is 4.90. The highest BCUT2D eigenvalue weighted by Crippen LogP contribution is 2.28. The van der Waals surface area contributed by atoms with Crippen LogP contribution in [0.2, 0.25) is 0 Å². The first-order valence-electron chi connectivity index (χ1n) is 9.43. The van der Waals surface area contributed by atoms with Gasteiger partial charge in [0, 0.05) is 30.8 Å². The summed E-state index contributed by atoms with van der Waals surface area (Å²) in [5.41, 5.74) is 4.20. The van der Waals surface area contributed by atoms with Crippen molar-refractivity contribution < 1.29 is 4.79 Å². The summed E-state index contributed by atoms with van der Waals surface area (Å²) in [4.78, 5) is 22.7. The van der Waals surface area contributed by atoms with Gasteiger partial charge in [0.1, 0.15) is 15.7 Å². The zero-order chi connectivity index (χ0) is 19.0. The summed E-state index contributed by atoms with van der Waals surface area (Å²) < 4.78 is 2.16. The molecule has 2 aromatic heterocycles. The Morgan fingerprint density at radius 2 is 2.04 bits per heavy atom. The van der Waals surface area contributed by atoms with Crippen LogP contribution in [0.1, 0.15) is 45.8 Å². The van der Waals surface area contributed by atoms with E-state index in [0.717, 1.165) is 53.6 Å². The number of rotatable bonds is 4. The Kier molecular flexibility index (Phi) is 4.83. The van der Waals surface area contributed by atoms with Gasteiger partial charge >= 0.3 is 0 Å². The van der Waals surface area contributed by atoms with Gasteiger partial charge in [-0.15, -0.1) is 11.3 Å². The number of fused-ring (bicyclic) bond motifs is 1. The molecule has 1 aliphatic heterocycles. The van der Waals surface area contributed by atoms with E-state index in [1.165, 1.54) is 16.9 Å². The zero-order valence-electron chi connectivity index (χ0n) is 16.0. The van der Waals surface area contributed by atoms with Crippen LogP contribution in [0.5, 0.6) is 0 Å². The molecule has 3 aromatic rings. The topological polar surface area (TPSA) is 59.8 Å². The molecule has 140 valence electrons. The number of imidazole rings is 1. The van der Waals surface area contributed by atoms with E-state index in [1.807, 2.05) is 13.8 Å². The fourth-order valence-electron chi connectivity index (χ4n) is 3.57. The Balaban J connectivity index is 1.48. The predicted octanol–water partition coefficient (Wildman–Crippen LogP) is 3.93. The summed E-state index contributed by atoms with van der Waals surface area (Å²) >= 11 is 1.47. The minimum Gasteiger partial charge on any atom is -0.347 e. The highest BCUT2D eigenvalue weighted by Gasteiger charge is 2.24. The van der Waals surface area contributed by atoms with E-state index in [0.29, 0.717) is 4.88 Å². The van der Waals surface area contributed by atoms with Crippen molar-refractivity contribution in [2.45, 2.75) is 52.6 Å². The molecule has 1 atom stereocenters. The normalized spacial score (nSPS) is 16.2. The number of thiazole rings is 1. The Bertz CT molecular complexity index is 971. The van der Waals surface area contributed by atoms with Gasteiger partial charge in [0.05, 0.1) is 11.4 Å². The quantitative estimate of drug-likeness (QED) is 0.746. The van der Waals surface area contributed by atoms with E-state index in [9.17, 15) is 4.79 Å². The molecule has 1 unspecified atom stereocenters. The molecule has 0 fully saturated rings. The summed E-state index contributed by atoms with van der Waals surface area (Å²) in [5, 5.41) is 4.09. The number of hydrogen-bond acceptors (Lipinski definition) is 4. The first-order valence-corrected chi connectivity index (χ1v) is 10.3. The largest absolute Gasteiger partial charge is 0.347 e. The SMILES string of the molecule is CCc1ccc(-c2nc(C)c(C(=O)NC3CCc4nc(C)cn4C3)s2)cc1. The van der Waals surface area contributed by atoms with Gasteiger partial charge in [-0.1, -0.05) is 31.2 Å². The van der Waals surface area contributed by atoms with Gasteiger partial charge in [-0.3, -0.25) is 4.79 Å². The van der Waals surface area contributed by atoms with Crippen LogP contribution >= 0.6 is 11.3 Å². The third-order valence-corrected chi connectivity index (χ3v) is 6.27. The highest BCUT2D eigenvalue weighted by molar-refractivity contribution is 7.17. The lowest BCUT2D eigenvalue weighted by atomic mass is 10.1. The highest BCUT2D eigenvalue weighted by atomic mass is 32.1. The third kappa shape index (κ3) is 3.67. The van der Waals surface area contributed by atoms with Gasteiger partial charge in [-0.25, -0.2) is 9.97 Å². The molecule has 4 rings (SSSR count). The molecular weight excluding hydrogens is 356 g/mol. The van der Waals surface area contributed by atoms with Crippen molar-refractivity contribution in [1.29, 1.82) is 0 Å². The molecule has 27 heavy (non-hydrogen) atoms. The molecule has 0 saturated heterocycles. The van der Waals surface area contributed by atoms with Crippen LogP contribution in [-0.4, -0.2) is 26.5 Å². The standard InChI is InChI=1S/C21H24N4OS/c1-4-15-5-7-16(8-6-15)21-23-14(3)19(27-21)20(26)24-17-9-10-18-22-13(2)11-25(18)12-17/h5-8,11,17H,4,9-10,12H2,1-3H3,(H,24,26). The van der Waals surface area contributed by atoms with Gasteiger partial charge in [0.2, 0.25) is 0 Å². The average Bonchev–Trinajstić information content (AvgIpc) is 3.23. The zero-order valence-corrected chi connectivity index (χ0v) is 16.8. The molecule has 3 heterocycles. The van der Waals surface area contributed by atoms with Crippen molar-refractivity contribution in [3.05, 3.63) is 58.1 Å². The van der Waals surface area contributed by atoms with E-state index in [-0.39, 0.29) is 11.9 Å². The van der Waals surface area contributed by atoms with Crippen LogP contribution in [-0.2, 0) is 19.4 Å². The first-order chi connectivity index (χ1) is 13.0. The number of benzene rings is 1. The number of aryl methyl sites for hydroxylation is 4. The predicted molar refractivity (Wildman–Crippen MR) is 108 cm³/mol. The van der Waals surface area contributed by atoms with Crippen molar-refractivity contribution in [2.24, 2.45) is 0 Å². The number of carbonyl (C=O) groups is 1. The van der Waals surface area contributed by atoms with Crippen molar-refractivity contribution in [2.75, 3.05) is 0 Å². The number of aromatic nitrogens is 3. The molecule has 1 N–H and O–H groups in total. The molecule has 1 aromatic carbocycles. The number of nitrogens with one attached hydrogen (secondary N) is 1. The number of carbonyl (C=O) groups excluding carboxylic acids is 1. The van der Waals surface area contributed by atoms with Crippen molar-refractivity contribution in [1.82, 2.24) is 19.9 Å². The Morgan fingerprint density at radius 1 is 1.26 bits per heavy atom. The number of amides is 1. The van der Waals surface area contributed by atoms with Gasteiger partial charge in [-0.2, -0.15) is 0 Å². The molecular formula is C21H24N4OS. The second-order valence-electron chi connectivity index (χ2n) is 7.14. The number of hydrogen-bond donors (Lipinski definition) is 1. The van der Waals surface area contributed by atoms with E-state index >= 15 is 0 Å². The molecule has 0 radical (unpaired) electrons. The second kappa shape index (κ2) is 7.27. The Hall–Kier alpha value is -2.47. The van der Waals surface area contributed by atoms with Crippen molar-refractivity contribution in [3.8, 4) is 10.6 Å². The van der Waals surface area contributed by atoms with Gasteiger partial charge in [0.25, 0.3) is 5.91 Å². The summed E-state index contributed by atoms with van der Waals surface area (Å²) in [5.74, 6) is 1.09. The van der Waals surface area contributed by atoms with Crippen molar-refractivity contribution >= 4 is 17.2 Å². The molecule has 5 nitrogen and oxygen atoms in total. The van der Waals surface area contributed by atoms with Crippen LogP contribution in [0.3, 0.4) is 0 Å². The van der Waals surface area contributed by atoms with E-state index in [4.69, 9.17) is 0 Å². The molecule has 0 saturated carbocycles. The average molecular weight is 381 g/mol. The minimum absolute atomic E-state index is 0.0216. The second-order valence-corrected chi connectivity index (χ2v) is 8.14. The number of nitrogens with zero attached hydrogens (tertiary/aromatic N) is 3.